The third-order valence-corrected chi connectivity index (χ3v) is 4.42. The first-order valence-corrected chi connectivity index (χ1v) is 7.97. The Morgan fingerprint density at radius 1 is 1.21 bits per heavy atom. The maximum Gasteiger partial charge on any atom is 0.270 e. The van der Waals surface area contributed by atoms with Gasteiger partial charge >= 0.3 is 0 Å². The van der Waals surface area contributed by atoms with Crippen molar-refractivity contribution in [2.75, 3.05) is 4.90 Å². The van der Waals surface area contributed by atoms with Crippen LogP contribution in [0.3, 0.4) is 0 Å². The summed E-state index contributed by atoms with van der Waals surface area (Å²) < 4.78 is 5.39. The van der Waals surface area contributed by atoms with Gasteiger partial charge < -0.3 is 4.42 Å². The molecule has 1 saturated heterocycles. The van der Waals surface area contributed by atoms with Crippen molar-refractivity contribution in [1.82, 2.24) is 5.32 Å². The topological polar surface area (TPSA) is 62.6 Å². The van der Waals surface area contributed by atoms with Crippen molar-refractivity contribution < 1.29 is 14.0 Å². The molecule has 24 heavy (non-hydrogen) atoms. The van der Waals surface area contributed by atoms with Crippen molar-refractivity contribution in [2.45, 2.75) is 6.92 Å². The van der Waals surface area contributed by atoms with Gasteiger partial charge in [-0.05, 0) is 49.5 Å². The zero-order valence-corrected chi connectivity index (χ0v) is 14.6. The minimum atomic E-state index is -0.609. The molecule has 2 heterocycles. The smallest absolute Gasteiger partial charge is 0.270 e. The number of furan rings is 1. The molecule has 1 aliphatic heterocycles. The van der Waals surface area contributed by atoms with Crippen LogP contribution in [0.15, 0.2) is 40.3 Å². The van der Waals surface area contributed by atoms with E-state index in [1.165, 1.54) is 6.08 Å². The number of aryl methyl sites for hydroxylation is 1. The van der Waals surface area contributed by atoms with E-state index in [-0.39, 0.29) is 20.7 Å². The molecule has 1 aliphatic rings. The standard InChI is InChI=1S/C16H10Cl2N2O3S/c1-8-5-6-9(23-8)7-10-14(21)19-16(24)20(15(10)22)12-4-2-3-11(17)13(12)18/h2-7H,1H3,(H,19,21,24). The Hall–Kier alpha value is -2.15. The summed E-state index contributed by atoms with van der Waals surface area (Å²) in [5.74, 6) is -0.165. The minimum Gasteiger partial charge on any atom is -0.462 e. The van der Waals surface area contributed by atoms with Gasteiger partial charge in [0.25, 0.3) is 11.8 Å². The Kier molecular flexibility index (Phi) is 4.45. The highest BCUT2D eigenvalue weighted by Gasteiger charge is 2.35. The number of halogens is 2. The highest BCUT2D eigenvalue weighted by Crippen LogP contribution is 2.34. The van der Waals surface area contributed by atoms with Crippen molar-refractivity contribution >= 4 is 64.1 Å². The normalized spacial score (nSPS) is 16.7. The van der Waals surface area contributed by atoms with Crippen molar-refractivity contribution in [2.24, 2.45) is 0 Å². The summed E-state index contributed by atoms with van der Waals surface area (Å²) in [5, 5.41) is 2.84. The van der Waals surface area contributed by atoms with Crippen molar-refractivity contribution in [1.29, 1.82) is 0 Å². The molecule has 2 amide bonds. The number of nitrogens with zero attached hydrogens (tertiary/aromatic N) is 1. The monoisotopic (exact) mass is 380 g/mol. The summed E-state index contributed by atoms with van der Waals surface area (Å²) in [4.78, 5) is 26.1. The van der Waals surface area contributed by atoms with Crippen molar-refractivity contribution in [3.05, 3.63) is 57.5 Å². The summed E-state index contributed by atoms with van der Waals surface area (Å²) in [6.07, 6.45) is 1.36. The lowest BCUT2D eigenvalue weighted by molar-refractivity contribution is -0.122. The molecule has 2 aromatic rings. The second-order valence-corrected chi connectivity index (χ2v) is 6.15. The van der Waals surface area contributed by atoms with Crippen LogP contribution in [-0.2, 0) is 9.59 Å². The summed E-state index contributed by atoms with van der Waals surface area (Å²) in [7, 11) is 0. The van der Waals surface area contributed by atoms with Gasteiger partial charge in [0.15, 0.2) is 5.11 Å². The van der Waals surface area contributed by atoms with Crippen LogP contribution in [0.25, 0.3) is 6.08 Å². The van der Waals surface area contributed by atoms with Crippen molar-refractivity contribution in [3.63, 3.8) is 0 Å². The summed E-state index contributed by atoms with van der Waals surface area (Å²) in [5.41, 5.74) is 0.176. The molecule has 0 aliphatic carbocycles. The number of rotatable bonds is 2. The predicted octanol–water partition coefficient (Wildman–Crippen LogP) is 3.73. The average molecular weight is 381 g/mol. The third kappa shape index (κ3) is 2.96. The van der Waals surface area contributed by atoms with E-state index in [1.54, 1.807) is 37.3 Å². The molecule has 122 valence electrons. The first kappa shape index (κ1) is 16.7. The maximum absolute atomic E-state index is 12.8. The number of anilines is 1. The van der Waals surface area contributed by atoms with Crippen LogP contribution in [0, 0.1) is 6.92 Å². The van der Waals surface area contributed by atoms with Crippen molar-refractivity contribution in [3.8, 4) is 0 Å². The summed E-state index contributed by atoms with van der Waals surface area (Å²) in [6, 6.07) is 8.20. The average Bonchev–Trinajstić information content (AvgIpc) is 2.93. The fourth-order valence-electron chi connectivity index (χ4n) is 2.21. The molecular formula is C16H10Cl2N2O3S. The van der Waals surface area contributed by atoms with Gasteiger partial charge in [-0.1, -0.05) is 29.3 Å². The van der Waals surface area contributed by atoms with Gasteiger partial charge in [0, 0.05) is 0 Å². The van der Waals surface area contributed by atoms with Gasteiger partial charge in [0.05, 0.1) is 15.7 Å². The highest BCUT2D eigenvalue weighted by atomic mass is 35.5. The lowest BCUT2D eigenvalue weighted by Gasteiger charge is -2.29. The summed E-state index contributed by atoms with van der Waals surface area (Å²) in [6.45, 7) is 1.76. The molecule has 1 N–H and O–H groups in total. The van der Waals surface area contributed by atoms with Gasteiger partial charge in [-0.3, -0.25) is 19.8 Å². The van der Waals surface area contributed by atoms with Crippen LogP contribution in [-0.4, -0.2) is 16.9 Å². The fraction of sp³-hybridized carbons (Fsp3) is 0.0625. The van der Waals surface area contributed by atoms with E-state index in [9.17, 15) is 9.59 Å². The van der Waals surface area contributed by atoms with E-state index in [0.717, 1.165) is 4.90 Å². The summed E-state index contributed by atoms with van der Waals surface area (Å²) >= 11 is 17.3. The number of carbonyl (C=O) groups excluding carboxylic acids is 2. The Balaban J connectivity index is 2.06. The minimum absolute atomic E-state index is 0.0676. The first-order valence-electron chi connectivity index (χ1n) is 6.80. The largest absolute Gasteiger partial charge is 0.462 e. The Morgan fingerprint density at radius 2 is 1.96 bits per heavy atom. The molecule has 0 atom stereocenters. The van der Waals surface area contributed by atoms with Gasteiger partial charge in [-0.15, -0.1) is 0 Å². The molecule has 5 nitrogen and oxygen atoms in total. The lowest BCUT2D eigenvalue weighted by atomic mass is 10.1. The van der Waals surface area contributed by atoms with E-state index in [0.29, 0.717) is 17.2 Å². The molecule has 8 heteroatoms. The van der Waals surface area contributed by atoms with E-state index in [1.807, 2.05) is 0 Å². The second kappa shape index (κ2) is 6.39. The first-order chi connectivity index (χ1) is 11.4. The highest BCUT2D eigenvalue weighted by molar-refractivity contribution is 7.80. The number of carbonyl (C=O) groups is 2. The SMILES string of the molecule is Cc1ccc(C=C2C(=O)NC(=S)N(c3cccc(Cl)c3Cl)C2=O)o1. The third-order valence-electron chi connectivity index (χ3n) is 3.32. The zero-order chi connectivity index (χ0) is 17.4. The number of hydrogen-bond acceptors (Lipinski definition) is 4. The van der Waals surface area contributed by atoms with Crippen LogP contribution >= 0.6 is 35.4 Å². The van der Waals surface area contributed by atoms with Crippen LogP contribution in [0.2, 0.25) is 10.0 Å². The Labute approximate surface area is 152 Å². The number of hydrogen-bond donors (Lipinski definition) is 1. The lowest BCUT2D eigenvalue weighted by Crippen LogP contribution is -2.54. The van der Waals surface area contributed by atoms with Crippen LogP contribution in [0.5, 0.6) is 0 Å². The fourth-order valence-corrected chi connectivity index (χ4v) is 2.87. The molecule has 3 rings (SSSR count). The number of amides is 2. The van der Waals surface area contributed by atoms with Crippen LogP contribution in [0.1, 0.15) is 11.5 Å². The quantitative estimate of drug-likeness (QED) is 0.489. The van der Waals surface area contributed by atoms with Crippen LogP contribution in [0.4, 0.5) is 5.69 Å². The molecule has 0 spiro atoms. The van der Waals surface area contributed by atoms with Gasteiger partial charge in [0.1, 0.15) is 17.1 Å². The van der Waals surface area contributed by atoms with Crippen LogP contribution < -0.4 is 10.2 Å². The Bertz CT molecular complexity index is 904. The Morgan fingerprint density at radius 3 is 2.62 bits per heavy atom. The zero-order valence-electron chi connectivity index (χ0n) is 12.3. The molecule has 0 radical (unpaired) electrons. The predicted molar refractivity (Wildman–Crippen MR) is 96.1 cm³/mol. The van der Waals surface area contributed by atoms with Gasteiger partial charge in [-0.25, -0.2) is 0 Å². The molecule has 1 fully saturated rings. The number of benzene rings is 1. The van der Waals surface area contributed by atoms with E-state index < -0.39 is 11.8 Å². The number of nitrogens with one attached hydrogen (secondary N) is 1. The molecule has 1 aromatic carbocycles. The van der Waals surface area contributed by atoms with E-state index in [2.05, 4.69) is 5.32 Å². The second-order valence-electron chi connectivity index (χ2n) is 4.98. The maximum atomic E-state index is 12.8. The number of thiocarbonyl (C=S) groups is 1. The molecule has 0 saturated carbocycles. The molecular weight excluding hydrogens is 371 g/mol. The van der Waals surface area contributed by atoms with E-state index >= 15 is 0 Å². The van der Waals surface area contributed by atoms with E-state index in [4.69, 9.17) is 39.8 Å². The van der Waals surface area contributed by atoms with Gasteiger partial charge in [-0.2, -0.15) is 0 Å². The van der Waals surface area contributed by atoms with Gasteiger partial charge in [0.2, 0.25) is 0 Å². The molecule has 1 aromatic heterocycles. The molecule has 0 unspecified atom stereocenters. The molecule has 0 bridgehead atoms.